The number of hydrogen-bond donors (Lipinski definition) is 0. The summed E-state index contributed by atoms with van der Waals surface area (Å²) >= 11 is 1.16. The normalized spacial score (nSPS) is 50.2. The highest BCUT2D eigenvalue weighted by Crippen LogP contribution is 2.71. The molecule has 2 spiro atoms. The van der Waals surface area contributed by atoms with Gasteiger partial charge in [0.25, 0.3) is 0 Å². The van der Waals surface area contributed by atoms with Crippen molar-refractivity contribution in [1.29, 1.82) is 0 Å². The lowest BCUT2D eigenvalue weighted by molar-refractivity contribution is -0.133. The maximum absolute atomic E-state index is 13.6. The van der Waals surface area contributed by atoms with E-state index in [0.29, 0.717) is 5.75 Å². The van der Waals surface area contributed by atoms with Gasteiger partial charge < -0.3 is 9.47 Å². The minimum atomic E-state index is -5.07. The van der Waals surface area contributed by atoms with E-state index in [0.717, 1.165) is 11.8 Å². The molecule has 3 saturated heterocycles. The van der Waals surface area contributed by atoms with Crippen LogP contribution < -0.4 is 0 Å². The summed E-state index contributed by atoms with van der Waals surface area (Å²) in [5, 5.41) is 0. The molecular weight excluding hydrogens is 346 g/mol. The lowest BCUT2D eigenvalue weighted by atomic mass is 9.61. The lowest BCUT2D eigenvalue weighted by Gasteiger charge is -2.47. The van der Waals surface area contributed by atoms with E-state index in [4.69, 9.17) is 9.47 Å². The van der Waals surface area contributed by atoms with Gasteiger partial charge in [-0.15, -0.1) is 0 Å². The minimum absolute atomic E-state index is 0.120. The van der Waals surface area contributed by atoms with Crippen molar-refractivity contribution < 1.29 is 35.8 Å². The number of alkyl halides is 6. The molecular formula is C14H10F6O2S. The molecule has 5 aliphatic heterocycles. The fraction of sp³-hybridized carbons (Fsp3) is 0.714. The van der Waals surface area contributed by atoms with Crippen molar-refractivity contribution in [1.82, 2.24) is 0 Å². The molecule has 23 heavy (non-hydrogen) atoms. The van der Waals surface area contributed by atoms with E-state index >= 15 is 0 Å². The SMILES string of the molecule is FC(F)(F)C1=C(C(F)(F)F)[C@]23CSC[C@@]45C=C[C@@H](O4)[C@H]([C@H]52)[C@H]1O3. The second kappa shape index (κ2) is 3.77. The number of halogens is 6. The molecule has 3 fully saturated rings. The van der Waals surface area contributed by atoms with Gasteiger partial charge in [0.1, 0.15) is 11.2 Å². The maximum atomic E-state index is 13.6. The van der Waals surface area contributed by atoms with E-state index < -0.39 is 58.7 Å². The van der Waals surface area contributed by atoms with Gasteiger partial charge in [-0.1, -0.05) is 12.2 Å². The predicted octanol–water partition coefficient (Wildman–Crippen LogP) is 3.25. The molecule has 2 nitrogen and oxygen atoms in total. The molecule has 5 aliphatic rings. The van der Waals surface area contributed by atoms with E-state index in [9.17, 15) is 26.3 Å². The van der Waals surface area contributed by atoms with Gasteiger partial charge >= 0.3 is 12.4 Å². The highest BCUT2D eigenvalue weighted by molar-refractivity contribution is 7.99. The zero-order valence-electron chi connectivity index (χ0n) is 11.4. The Labute approximate surface area is 130 Å². The number of thioether (sulfide) groups is 1. The Morgan fingerprint density at radius 3 is 2.43 bits per heavy atom. The Bertz CT molecular complexity index is 667. The Hall–Kier alpha value is -0.670. The molecule has 0 aromatic heterocycles. The molecule has 0 aliphatic carbocycles. The molecule has 0 aromatic rings. The smallest absolute Gasteiger partial charge is 0.362 e. The van der Waals surface area contributed by atoms with Crippen LogP contribution in [0.3, 0.4) is 0 Å². The largest absolute Gasteiger partial charge is 0.415 e. The summed E-state index contributed by atoms with van der Waals surface area (Å²) in [6.45, 7) is 0. The third kappa shape index (κ3) is 1.48. The third-order valence-electron chi connectivity index (χ3n) is 5.61. The minimum Gasteiger partial charge on any atom is -0.362 e. The van der Waals surface area contributed by atoms with Crippen LogP contribution in [0.5, 0.6) is 0 Å². The highest BCUT2D eigenvalue weighted by atomic mass is 32.2. The first-order chi connectivity index (χ1) is 10.6. The average Bonchev–Trinajstić information content (AvgIpc) is 3.10. The molecule has 4 bridgehead atoms. The first kappa shape index (κ1) is 14.7. The van der Waals surface area contributed by atoms with E-state index in [-0.39, 0.29) is 5.75 Å². The summed E-state index contributed by atoms with van der Waals surface area (Å²) in [5.74, 6) is -1.06. The van der Waals surface area contributed by atoms with Crippen LogP contribution in [0.1, 0.15) is 0 Å². The van der Waals surface area contributed by atoms with Crippen molar-refractivity contribution in [3.63, 3.8) is 0 Å². The summed E-state index contributed by atoms with van der Waals surface area (Å²) in [7, 11) is 0. The second-order valence-electron chi connectivity index (χ2n) is 6.66. The monoisotopic (exact) mass is 356 g/mol. The topological polar surface area (TPSA) is 18.5 Å². The van der Waals surface area contributed by atoms with Crippen molar-refractivity contribution in [3.05, 3.63) is 23.3 Å². The summed E-state index contributed by atoms with van der Waals surface area (Å²) in [4.78, 5) is 0. The fourth-order valence-corrected chi connectivity index (χ4v) is 6.64. The number of hydrogen-bond acceptors (Lipinski definition) is 3. The van der Waals surface area contributed by atoms with E-state index in [1.165, 1.54) is 0 Å². The van der Waals surface area contributed by atoms with Crippen LogP contribution in [-0.2, 0) is 9.47 Å². The number of rotatable bonds is 0. The van der Waals surface area contributed by atoms with Gasteiger partial charge in [-0.2, -0.15) is 38.1 Å². The maximum Gasteiger partial charge on any atom is 0.415 e. The summed E-state index contributed by atoms with van der Waals surface area (Å²) in [6, 6.07) is 0. The molecule has 126 valence electrons. The van der Waals surface area contributed by atoms with Crippen LogP contribution in [0.2, 0.25) is 0 Å². The molecule has 5 heterocycles. The quantitative estimate of drug-likeness (QED) is 0.490. The standard InChI is InChI=1S/C14H10F6O2S/c15-13(16,17)7-8-6-5-1-2-11(21-5)3-23-4-12(22-8,9(6)11)10(7)14(18,19)20/h1-2,5-6,8-9H,3-4H2/t5-,6+,8-,9-,11-,12+/m1/s1. The highest BCUT2D eigenvalue weighted by Gasteiger charge is 2.81. The molecule has 0 saturated carbocycles. The second-order valence-corrected chi connectivity index (χ2v) is 7.64. The van der Waals surface area contributed by atoms with Gasteiger partial charge in [0.2, 0.25) is 0 Å². The summed E-state index contributed by atoms with van der Waals surface area (Å²) < 4.78 is 92.3. The van der Waals surface area contributed by atoms with Crippen LogP contribution in [0.15, 0.2) is 23.3 Å². The zero-order valence-corrected chi connectivity index (χ0v) is 12.2. The molecule has 5 rings (SSSR count). The number of fused-ring (bicyclic) bond motifs is 4. The van der Waals surface area contributed by atoms with Gasteiger partial charge in [-0.05, 0) is 0 Å². The van der Waals surface area contributed by atoms with Crippen molar-refractivity contribution >= 4 is 11.8 Å². The summed E-state index contributed by atoms with van der Waals surface area (Å²) in [5.41, 5.74) is -5.95. The van der Waals surface area contributed by atoms with Crippen LogP contribution in [-0.4, -0.2) is 47.3 Å². The fourth-order valence-electron chi connectivity index (χ4n) is 5.18. The van der Waals surface area contributed by atoms with Crippen molar-refractivity contribution in [2.24, 2.45) is 11.8 Å². The Morgan fingerprint density at radius 1 is 1.04 bits per heavy atom. The molecule has 0 aromatic carbocycles. The van der Waals surface area contributed by atoms with Gasteiger partial charge in [-0.3, -0.25) is 0 Å². The van der Waals surface area contributed by atoms with Gasteiger partial charge in [-0.25, -0.2) is 0 Å². The average molecular weight is 356 g/mol. The molecule has 0 unspecified atom stereocenters. The predicted molar refractivity (Wildman–Crippen MR) is 67.8 cm³/mol. The van der Waals surface area contributed by atoms with E-state index in [2.05, 4.69) is 0 Å². The molecule has 9 heteroatoms. The van der Waals surface area contributed by atoms with Crippen molar-refractivity contribution in [2.45, 2.75) is 35.8 Å². The first-order valence-corrected chi connectivity index (χ1v) is 8.27. The van der Waals surface area contributed by atoms with E-state index in [1.54, 1.807) is 12.2 Å². The van der Waals surface area contributed by atoms with Crippen LogP contribution >= 0.6 is 11.8 Å². The van der Waals surface area contributed by atoms with Gasteiger partial charge in [0.05, 0.1) is 23.4 Å². The molecule has 0 amide bonds. The Balaban J connectivity index is 1.78. The van der Waals surface area contributed by atoms with Gasteiger partial charge in [0, 0.05) is 23.3 Å². The third-order valence-corrected chi connectivity index (χ3v) is 6.90. The molecule has 0 N–H and O–H groups in total. The number of ether oxygens (including phenoxy) is 2. The zero-order chi connectivity index (χ0) is 16.4. The molecule has 0 radical (unpaired) electrons. The van der Waals surface area contributed by atoms with Crippen LogP contribution in [0.25, 0.3) is 0 Å². The molecule has 6 atom stereocenters. The van der Waals surface area contributed by atoms with E-state index in [1.807, 2.05) is 0 Å². The Kier molecular flexibility index (Phi) is 2.40. The lowest BCUT2D eigenvalue weighted by Crippen LogP contribution is -2.58. The van der Waals surface area contributed by atoms with Crippen LogP contribution in [0.4, 0.5) is 26.3 Å². The first-order valence-electron chi connectivity index (χ1n) is 7.12. The van der Waals surface area contributed by atoms with Crippen LogP contribution in [0, 0.1) is 11.8 Å². The van der Waals surface area contributed by atoms with Gasteiger partial charge in [0.15, 0.2) is 0 Å². The Morgan fingerprint density at radius 2 is 1.78 bits per heavy atom. The summed E-state index contributed by atoms with van der Waals surface area (Å²) in [6.07, 6.45) is -8.94. The van der Waals surface area contributed by atoms with Crippen molar-refractivity contribution in [2.75, 3.05) is 11.5 Å². The van der Waals surface area contributed by atoms with Crippen molar-refractivity contribution in [3.8, 4) is 0 Å².